The summed E-state index contributed by atoms with van der Waals surface area (Å²) in [6.07, 6.45) is 5.20. The van der Waals surface area contributed by atoms with Crippen molar-refractivity contribution in [2.24, 2.45) is 0 Å². The molecular weight excluding hydrogens is 432 g/mol. The number of benzene rings is 2. The number of hydrogen-bond donors (Lipinski definition) is 2. The standard InChI is InChI=1S/C25H28N6O3/c1-3-30(4-2)25(33)19-11-16-7-5-9-21(18(16)12-20(19)32)34-13-17-8-6-10-31(17)24-22-23(27-14-26-22)28-15-29-24/h5,7,9,11-12,14-15,17,32H,3-4,6,8,10,13H2,1-2H3,(H,26,27,28,29)/t17-/m1/s1. The molecule has 2 aromatic carbocycles. The predicted molar refractivity (Wildman–Crippen MR) is 130 cm³/mol. The molecule has 1 aliphatic heterocycles. The summed E-state index contributed by atoms with van der Waals surface area (Å²) in [5.74, 6) is 1.28. The molecule has 2 N–H and O–H groups in total. The van der Waals surface area contributed by atoms with Crippen LogP contribution in [-0.4, -0.2) is 68.1 Å². The number of hydrogen-bond acceptors (Lipinski definition) is 7. The molecule has 0 saturated carbocycles. The van der Waals surface area contributed by atoms with Crippen LogP contribution in [0.2, 0.25) is 0 Å². The van der Waals surface area contributed by atoms with Gasteiger partial charge in [0.25, 0.3) is 5.91 Å². The molecule has 1 atom stereocenters. The number of aromatic nitrogens is 4. The monoisotopic (exact) mass is 460 g/mol. The molecule has 2 aromatic heterocycles. The van der Waals surface area contributed by atoms with Gasteiger partial charge < -0.3 is 24.6 Å². The van der Waals surface area contributed by atoms with Crippen LogP contribution in [0.25, 0.3) is 21.9 Å². The van der Waals surface area contributed by atoms with Gasteiger partial charge in [0.2, 0.25) is 0 Å². The number of phenols is 1. The number of rotatable bonds is 7. The summed E-state index contributed by atoms with van der Waals surface area (Å²) in [5, 5.41) is 12.3. The van der Waals surface area contributed by atoms with Gasteiger partial charge in [-0.15, -0.1) is 0 Å². The van der Waals surface area contributed by atoms with E-state index in [2.05, 4.69) is 24.8 Å². The van der Waals surface area contributed by atoms with Crippen LogP contribution in [-0.2, 0) is 0 Å². The summed E-state index contributed by atoms with van der Waals surface area (Å²) < 4.78 is 6.27. The van der Waals surface area contributed by atoms with Gasteiger partial charge in [-0.05, 0) is 50.3 Å². The topological polar surface area (TPSA) is 107 Å². The highest BCUT2D eigenvalue weighted by Crippen LogP contribution is 2.34. The minimum atomic E-state index is -0.174. The number of H-pyrrole nitrogens is 1. The van der Waals surface area contributed by atoms with Crippen molar-refractivity contribution in [1.29, 1.82) is 0 Å². The molecule has 0 spiro atoms. The van der Waals surface area contributed by atoms with E-state index in [1.54, 1.807) is 29.7 Å². The normalized spacial score (nSPS) is 15.8. The number of fused-ring (bicyclic) bond motifs is 2. The molecule has 0 unspecified atom stereocenters. The Balaban J connectivity index is 1.39. The van der Waals surface area contributed by atoms with E-state index in [-0.39, 0.29) is 17.7 Å². The van der Waals surface area contributed by atoms with E-state index < -0.39 is 0 Å². The Morgan fingerprint density at radius 2 is 2.09 bits per heavy atom. The summed E-state index contributed by atoms with van der Waals surface area (Å²) in [5.41, 5.74) is 1.79. The third-order valence-electron chi connectivity index (χ3n) is 6.52. The van der Waals surface area contributed by atoms with Gasteiger partial charge in [-0.25, -0.2) is 15.0 Å². The van der Waals surface area contributed by atoms with Crippen molar-refractivity contribution in [1.82, 2.24) is 24.8 Å². The maximum Gasteiger partial charge on any atom is 0.257 e. The molecule has 34 heavy (non-hydrogen) atoms. The first kappa shape index (κ1) is 21.9. The number of nitrogens with one attached hydrogen (secondary N) is 1. The number of aromatic amines is 1. The number of aromatic hydroxyl groups is 1. The van der Waals surface area contributed by atoms with Crippen LogP contribution in [0, 0.1) is 0 Å². The van der Waals surface area contributed by atoms with E-state index in [9.17, 15) is 9.90 Å². The Labute approximate surface area is 197 Å². The second-order valence-electron chi connectivity index (χ2n) is 8.42. The van der Waals surface area contributed by atoms with Crippen molar-refractivity contribution in [3.8, 4) is 11.5 Å². The quantitative estimate of drug-likeness (QED) is 0.433. The lowest BCUT2D eigenvalue weighted by molar-refractivity contribution is 0.0770. The molecule has 9 heteroatoms. The van der Waals surface area contributed by atoms with Gasteiger partial charge in [0.1, 0.15) is 29.9 Å². The number of amides is 1. The molecule has 0 radical (unpaired) electrons. The summed E-state index contributed by atoms with van der Waals surface area (Å²) in [6.45, 7) is 6.37. The molecule has 1 aliphatic rings. The molecule has 9 nitrogen and oxygen atoms in total. The van der Waals surface area contributed by atoms with Gasteiger partial charge in [0.15, 0.2) is 11.5 Å². The van der Waals surface area contributed by atoms with Gasteiger partial charge >= 0.3 is 0 Å². The first-order valence-electron chi connectivity index (χ1n) is 11.7. The zero-order chi connectivity index (χ0) is 23.7. The van der Waals surface area contributed by atoms with Crippen molar-refractivity contribution in [2.75, 3.05) is 31.1 Å². The van der Waals surface area contributed by atoms with Gasteiger partial charge in [-0.3, -0.25) is 4.79 Å². The maximum absolute atomic E-state index is 12.8. The molecule has 1 fully saturated rings. The van der Waals surface area contributed by atoms with E-state index in [1.165, 1.54) is 0 Å². The molecule has 0 bridgehead atoms. The minimum Gasteiger partial charge on any atom is -0.507 e. The van der Waals surface area contributed by atoms with Crippen LogP contribution in [0.3, 0.4) is 0 Å². The number of imidazole rings is 1. The third-order valence-corrected chi connectivity index (χ3v) is 6.52. The SMILES string of the molecule is CCN(CC)C(=O)c1cc2cccc(OC[C@H]3CCCN3c3ncnc4[nH]cnc34)c2cc1O. The minimum absolute atomic E-state index is 0.0372. The number of nitrogens with zero attached hydrogens (tertiary/aromatic N) is 5. The molecule has 0 aliphatic carbocycles. The maximum atomic E-state index is 12.8. The fraction of sp³-hybridized carbons (Fsp3) is 0.360. The van der Waals surface area contributed by atoms with Crippen molar-refractivity contribution in [3.63, 3.8) is 0 Å². The fourth-order valence-electron chi connectivity index (χ4n) is 4.70. The smallest absolute Gasteiger partial charge is 0.257 e. The number of carbonyl (C=O) groups is 1. The van der Waals surface area contributed by atoms with Gasteiger partial charge in [-0.2, -0.15) is 0 Å². The van der Waals surface area contributed by atoms with Crippen molar-refractivity contribution >= 4 is 33.7 Å². The molecule has 4 aromatic rings. The number of phenolic OH excluding ortho intramolecular Hbond substituents is 1. The van der Waals surface area contributed by atoms with E-state index in [0.717, 1.165) is 47.1 Å². The lowest BCUT2D eigenvalue weighted by atomic mass is 10.0. The summed E-state index contributed by atoms with van der Waals surface area (Å²) in [4.78, 5) is 32.9. The Hall–Kier alpha value is -3.88. The zero-order valence-electron chi connectivity index (χ0n) is 19.4. The molecule has 1 amide bonds. The van der Waals surface area contributed by atoms with E-state index in [1.807, 2.05) is 32.0 Å². The summed E-state index contributed by atoms with van der Waals surface area (Å²) in [7, 11) is 0. The molecule has 5 rings (SSSR count). The fourth-order valence-corrected chi connectivity index (χ4v) is 4.70. The average molecular weight is 461 g/mol. The molecule has 1 saturated heterocycles. The second-order valence-corrected chi connectivity index (χ2v) is 8.42. The van der Waals surface area contributed by atoms with Crippen LogP contribution < -0.4 is 9.64 Å². The highest BCUT2D eigenvalue weighted by molar-refractivity contribution is 6.02. The Bertz CT molecular complexity index is 1330. The van der Waals surface area contributed by atoms with Crippen LogP contribution in [0.1, 0.15) is 37.0 Å². The highest BCUT2D eigenvalue weighted by atomic mass is 16.5. The Kier molecular flexibility index (Phi) is 5.91. The van der Waals surface area contributed by atoms with Crippen LogP contribution in [0.5, 0.6) is 11.5 Å². The Morgan fingerprint density at radius 3 is 2.91 bits per heavy atom. The average Bonchev–Trinajstić information content (AvgIpc) is 3.52. The van der Waals surface area contributed by atoms with E-state index in [0.29, 0.717) is 31.0 Å². The Morgan fingerprint density at radius 1 is 1.24 bits per heavy atom. The van der Waals surface area contributed by atoms with Crippen LogP contribution in [0.4, 0.5) is 5.82 Å². The summed E-state index contributed by atoms with van der Waals surface area (Å²) >= 11 is 0. The first-order chi connectivity index (χ1) is 16.6. The molecule has 3 heterocycles. The number of ether oxygens (including phenoxy) is 1. The molecule has 176 valence electrons. The van der Waals surface area contributed by atoms with Crippen molar-refractivity contribution < 1.29 is 14.6 Å². The number of anilines is 1. The largest absolute Gasteiger partial charge is 0.507 e. The highest BCUT2D eigenvalue weighted by Gasteiger charge is 2.29. The van der Waals surface area contributed by atoms with Gasteiger partial charge in [0.05, 0.1) is 17.9 Å². The summed E-state index contributed by atoms with van der Waals surface area (Å²) in [6, 6.07) is 9.24. The lowest BCUT2D eigenvalue weighted by Crippen LogP contribution is -2.35. The first-order valence-corrected chi connectivity index (χ1v) is 11.7. The second kappa shape index (κ2) is 9.17. The van der Waals surface area contributed by atoms with Crippen molar-refractivity contribution in [3.05, 3.63) is 48.5 Å². The number of carbonyl (C=O) groups excluding carboxylic acids is 1. The van der Waals surface area contributed by atoms with Crippen LogP contribution >= 0.6 is 0 Å². The van der Waals surface area contributed by atoms with E-state index >= 15 is 0 Å². The van der Waals surface area contributed by atoms with E-state index in [4.69, 9.17) is 4.74 Å². The van der Waals surface area contributed by atoms with Gasteiger partial charge in [0, 0.05) is 25.0 Å². The lowest BCUT2D eigenvalue weighted by Gasteiger charge is -2.26. The zero-order valence-corrected chi connectivity index (χ0v) is 19.4. The van der Waals surface area contributed by atoms with Crippen LogP contribution in [0.15, 0.2) is 43.0 Å². The predicted octanol–water partition coefficient (Wildman–Crippen LogP) is 3.74. The van der Waals surface area contributed by atoms with Crippen molar-refractivity contribution in [2.45, 2.75) is 32.7 Å². The molecular formula is C25H28N6O3. The van der Waals surface area contributed by atoms with Gasteiger partial charge in [-0.1, -0.05) is 12.1 Å². The third kappa shape index (κ3) is 3.87.